The minimum Gasteiger partial charge on any atom is -0.493 e. The number of hydrogen-bond acceptors (Lipinski definition) is 5. The van der Waals surface area contributed by atoms with E-state index in [0.29, 0.717) is 23.8 Å². The SMILES string of the molecule is COc1ccc(CC(=O)NC(=N)N[C@H](CC2CCCCC2)C(=O)NC2CC2)cc1OC. The van der Waals surface area contributed by atoms with Crippen molar-refractivity contribution < 1.29 is 19.1 Å². The highest BCUT2D eigenvalue weighted by atomic mass is 16.5. The van der Waals surface area contributed by atoms with Gasteiger partial charge in [0.2, 0.25) is 11.8 Å². The van der Waals surface area contributed by atoms with E-state index in [-0.39, 0.29) is 30.2 Å². The van der Waals surface area contributed by atoms with Crippen molar-refractivity contribution in [3.63, 3.8) is 0 Å². The Morgan fingerprint density at radius 3 is 2.42 bits per heavy atom. The van der Waals surface area contributed by atoms with Crippen LogP contribution in [-0.2, 0) is 16.0 Å². The molecule has 8 nitrogen and oxygen atoms in total. The van der Waals surface area contributed by atoms with Gasteiger partial charge in [-0.15, -0.1) is 0 Å². The van der Waals surface area contributed by atoms with Crippen LogP contribution in [0.1, 0.15) is 56.9 Å². The second-order valence-electron chi connectivity index (χ2n) is 8.51. The van der Waals surface area contributed by atoms with Crippen molar-refractivity contribution in [1.29, 1.82) is 5.41 Å². The van der Waals surface area contributed by atoms with Crippen LogP contribution in [0.3, 0.4) is 0 Å². The van der Waals surface area contributed by atoms with E-state index in [9.17, 15) is 9.59 Å². The fraction of sp³-hybridized carbons (Fsp3) is 0.609. The molecule has 0 heterocycles. The summed E-state index contributed by atoms with van der Waals surface area (Å²) in [6, 6.07) is 5.03. The molecule has 3 rings (SSSR count). The van der Waals surface area contributed by atoms with Gasteiger partial charge in [-0.2, -0.15) is 0 Å². The zero-order valence-corrected chi connectivity index (χ0v) is 18.5. The van der Waals surface area contributed by atoms with Crippen LogP contribution in [-0.4, -0.2) is 44.1 Å². The smallest absolute Gasteiger partial charge is 0.242 e. The van der Waals surface area contributed by atoms with Gasteiger partial charge < -0.3 is 20.1 Å². The molecular formula is C23H34N4O4. The van der Waals surface area contributed by atoms with Crippen LogP contribution in [0, 0.1) is 11.3 Å². The van der Waals surface area contributed by atoms with Crippen molar-refractivity contribution in [2.24, 2.45) is 5.92 Å². The number of carbonyl (C=O) groups is 2. The van der Waals surface area contributed by atoms with E-state index in [1.165, 1.54) is 19.3 Å². The second kappa shape index (κ2) is 11.0. The normalized spacial score (nSPS) is 17.4. The number of hydrogen-bond donors (Lipinski definition) is 4. The number of rotatable bonds is 9. The summed E-state index contributed by atoms with van der Waals surface area (Å²) in [7, 11) is 3.10. The molecule has 1 aromatic rings. The predicted octanol–water partition coefficient (Wildman–Crippen LogP) is 2.50. The van der Waals surface area contributed by atoms with Crippen LogP contribution >= 0.6 is 0 Å². The summed E-state index contributed by atoms with van der Waals surface area (Å²) in [5.41, 5.74) is 0.744. The molecule has 0 unspecified atom stereocenters. The molecule has 4 N–H and O–H groups in total. The van der Waals surface area contributed by atoms with Crippen LogP contribution in [0.5, 0.6) is 11.5 Å². The molecule has 2 saturated carbocycles. The molecule has 1 aromatic carbocycles. The molecule has 0 bridgehead atoms. The Morgan fingerprint density at radius 2 is 1.77 bits per heavy atom. The van der Waals surface area contributed by atoms with Crippen LogP contribution in [0.15, 0.2) is 18.2 Å². The van der Waals surface area contributed by atoms with Gasteiger partial charge in [0.1, 0.15) is 6.04 Å². The van der Waals surface area contributed by atoms with Crippen molar-refractivity contribution in [2.75, 3.05) is 14.2 Å². The number of methoxy groups -OCH3 is 2. The molecule has 2 fully saturated rings. The van der Waals surface area contributed by atoms with Crippen LogP contribution < -0.4 is 25.4 Å². The topological polar surface area (TPSA) is 113 Å². The molecule has 0 aromatic heterocycles. The van der Waals surface area contributed by atoms with Gasteiger partial charge in [-0.1, -0.05) is 38.2 Å². The zero-order chi connectivity index (χ0) is 22.2. The van der Waals surface area contributed by atoms with Gasteiger partial charge in [0.15, 0.2) is 17.5 Å². The van der Waals surface area contributed by atoms with E-state index in [2.05, 4.69) is 16.0 Å². The first kappa shape index (κ1) is 22.9. The molecule has 0 saturated heterocycles. The van der Waals surface area contributed by atoms with E-state index >= 15 is 0 Å². The van der Waals surface area contributed by atoms with Gasteiger partial charge in [0.25, 0.3) is 0 Å². The third-order valence-electron chi connectivity index (χ3n) is 5.93. The Morgan fingerprint density at radius 1 is 1.06 bits per heavy atom. The van der Waals surface area contributed by atoms with Crippen LogP contribution in [0.2, 0.25) is 0 Å². The molecule has 31 heavy (non-hydrogen) atoms. The number of carbonyl (C=O) groups excluding carboxylic acids is 2. The lowest BCUT2D eigenvalue weighted by Crippen LogP contribution is -2.52. The molecular weight excluding hydrogens is 396 g/mol. The van der Waals surface area contributed by atoms with Crippen molar-refractivity contribution >= 4 is 17.8 Å². The van der Waals surface area contributed by atoms with Gasteiger partial charge in [0, 0.05) is 6.04 Å². The first-order valence-corrected chi connectivity index (χ1v) is 11.1. The van der Waals surface area contributed by atoms with E-state index in [1.807, 2.05) is 0 Å². The average molecular weight is 431 g/mol. The largest absolute Gasteiger partial charge is 0.493 e. The van der Waals surface area contributed by atoms with Gasteiger partial charge in [0.05, 0.1) is 20.6 Å². The first-order valence-electron chi connectivity index (χ1n) is 11.1. The van der Waals surface area contributed by atoms with E-state index in [0.717, 1.165) is 31.2 Å². The lowest BCUT2D eigenvalue weighted by atomic mass is 9.84. The maximum absolute atomic E-state index is 12.7. The molecule has 1 atom stereocenters. The Balaban J connectivity index is 1.54. The number of amides is 2. The van der Waals surface area contributed by atoms with Crippen LogP contribution in [0.4, 0.5) is 0 Å². The summed E-state index contributed by atoms with van der Waals surface area (Å²) in [6.07, 6.45) is 8.69. The highest BCUT2D eigenvalue weighted by Crippen LogP contribution is 2.28. The van der Waals surface area contributed by atoms with Gasteiger partial charge in [-0.25, -0.2) is 0 Å². The highest BCUT2D eigenvalue weighted by molar-refractivity contribution is 5.98. The Hall–Kier alpha value is -2.77. The third-order valence-corrected chi connectivity index (χ3v) is 5.93. The van der Waals surface area contributed by atoms with E-state index in [1.54, 1.807) is 32.4 Å². The molecule has 0 aliphatic heterocycles. The molecule has 170 valence electrons. The summed E-state index contributed by atoms with van der Waals surface area (Å²) in [6.45, 7) is 0. The predicted molar refractivity (Wildman–Crippen MR) is 118 cm³/mol. The van der Waals surface area contributed by atoms with Crippen molar-refractivity contribution in [3.8, 4) is 11.5 Å². The Bertz CT molecular complexity index is 788. The number of nitrogens with one attached hydrogen (secondary N) is 4. The maximum atomic E-state index is 12.7. The molecule has 2 amide bonds. The fourth-order valence-corrected chi connectivity index (χ4v) is 4.09. The molecule has 0 spiro atoms. The monoisotopic (exact) mass is 430 g/mol. The van der Waals surface area contributed by atoms with Gasteiger partial charge in [-0.05, 0) is 42.9 Å². The third kappa shape index (κ3) is 7.15. The van der Waals surface area contributed by atoms with Crippen molar-refractivity contribution in [3.05, 3.63) is 23.8 Å². The molecule has 0 radical (unpaired) electrons. The highest BCUT2D eigenvalue weighted by Gasteiger charge is 2.30. The summed E-state index contributed by atoms with van der Waals surface area (Å²) in [5, 5.41) is 16.7. The quantitative estimate of drug-likeness (QED) is 0.355. The second-order valence-corrected chi connectivity index (χ2v) is 8.51. The van der Waals surface area contributed by atoms with E-state index in [4.69, 9.17) is 14.9 Å². The lowest BCUT2D eigenvalue weighted by molar-refractivity contribution is -0.123. The standard InChI is InChI=1S/C23H34N4O4/c1-30-19-11-8-16(13-20(19)31-2)14-21(28)27-23(24)26-18(22(29)25-17-9-10-17)12-15-6-4-3-5-7-15/h8,11,13,15,17-18H,3-7,9-10,12,14H2,1-2H3,(H,25,29)(H3,24,26,27,28)/t18-/m1/s1. The Labute approximate surface area is 184 Å². The number of benzene rings is 1. The van der Waals surface area contributed by atoms with Crippen molar-refractivity contribution in [1.82, 2.24) is 16.0 Å². The zero-order valence-electron chi connectivity index (χ0n) is 18.5. The summed E-state index contributed by atoms with van der Waals surface area (Å²) < 4.78 is 10.5. The van der Waals surface area contributed by atoms with Crippen molar-refractivity contribution in [2.45, 2.75) is 69.9 Å². The van der Waals surface area contributed by atoms with Crippen LogP contribution in [0.25, 0.3) is 0 Å². The molecule has 8 heteroatoms. The minimum atomic E-state index is -0.502. The average Bonchev–Trinajstić information content (AvgIpc) is 3.57. The molecule has 2 aliphatic rings. The van der Waals surface area contributed by atoms with Gasteiger partial charge in [-0.3, -0.25) is 20.3 Å². The number of guanidine groups is 1. The summed E-state index contributed by atoms with van der Waals surface area (Å²) in [4.78, 5) is 25.1. The number of ether oxygens (including phenoxy) is 2. The minimum absolute atomic E-state index is 0.0769. The van der Waals surface area contributed by atoms with E-state index < -0.39 is 6.04 Å². The summed E-state index contributed by atoms with van der Waals surface area (Å²) >= 11 is 0. The fourth-order valence-electron chi connectivity index (χ4n) is 4.09. The van der Waals surface area contributed by atoms with Gasteiger partial charge >= 0.3 is 0 Å². The maximum Gasteiger partial charge on any atom is 0.242 e. The molecule has 2 aliphatic carbocycles. The summed E-state index contributed by atoms with van der Waals surface area (Å²) in [5.74, 6) is 1.07. The Kier molecular flexibility index (Phi) is 8.14. The first-order chi connectivity index (χ1) is 15.0. The lowest BCUT2D eigenvalue weighted by Gasteiger charge is -2.27.